The van der Waals surface area contributed by atoms with Crippen molar-refractivity contribution < 1.29 is 4.79 Å². The average Bonchev–Trinajstić information content (AvgIpc) is 3.00. The molecule has 0 saturated carbocycles. The van der Waals surface area contributed by atoms with Gasteiger partial charge in [0, 0.05) is 24.4 Å². The van der Waals surface area contributed by atoms with E-state index >= 15 is 0 Å². The predicted molar refractivity (Wildman–Crippen MR) is 85.7 cm³/mol. The van der Waals surface area contributed by atoms with Crippen LogP contribution in [0.5, 0.6) is 0 Å². The van der Waals surface area contributed by atoms with E-state index in [9.17, 15) is 4.79 Å². The molecule has 0 unspecified atom stereocenters. The van der Waals surface area contributed by atoms with Gasteiger partial charge in [-0.1, -0.05) is 37.3 Å². The molecule has 1 N–H and O–H groups in total. The lowest BCUT2D eigenvalue weighted by Gasteiger charge is -2.03. The summed E-state index contributed by atoms with van der Waals surface area (Å²) < 4.78 is 1.72. The molecule has 5 heteroatoms. The Morgan fingerprint density at radius 1 is 1.18 bits per heavy atom. The molecular formula is C17H16N4O. The Kier molecular flexibility index (Phi) is 3.96. The molecule has 2 aromatic heterocycles. The van der Waals surface area contributed by atoms with E-state index in [1.807, 2.05) is 55.6 Å². The van der Waals surface area contributed by atoms with Crippen LogP contribution in [0.3, 0.4) is 0 Å². The molecule has 5 nitrogen and oxygen atoms in total. The third kappa shape index (κ3) is 2.88. The second kappa shape index (κ2) is 6.22. The summed E-state index contributed by atoms with van der Waals surface area (Å²) in [6.07, 6.45) is 5.75. The summed E-state index contributed by atoms with van der Waals surface area (Å²) in [6, 6.07) is 13.6. The summed E-state index contributed by atoms with van der Waals surface area (Å²) in [4.78, 5) is 15.8. The van der Waals surface area contributed by atoms with Crippen LogP contribution in [-0.4, -0.2) is 20.7 Å². The number of pyridine rings is 1. The maximum absolute atomic E-state index is 11.7. The average molecular weight is 292 g/mol. The van der Waals surface area contributed by atoms with Gasteiger partial charge in [-0.2, -0.15) is 0 Å². The van der Waals surface area contributed by atoms with Crippen molar-refractivity contribution in [1.82, 2.24) is 14.8 Å². The van der Waals surface area contributed by atoms with Crippen LogP contribution in [0.25, 0.3) is 16.8 Å². The standard InChI is InChI=1S/C17H16N4O/c1-2-16(22)19-17-15(13-7-4-3-5-8-13)12-21(20-17)14-9-6-10-18-11-14/h3-12H,2H2,1H3,(H,19,20,22). The van der Waals surface area contributed by atoms with Crippen molar-refractivity contribution in [1.29, 1.82) is 0 Å². The molecule has 3 aromatic rings. The first-order valence-electron chi connectivity index (χ1n) is 7.13. The van der Waals surface area contributed by atoms with Crippen LogP contribution in [0.2, 0.25) is 0 Å². The summed E-state index contributed by atoms with van der Waals surface area (Å²) >= 11 is 0. The first kappa shape index (κ1) is 14.0. The molecule has 22 heavy (non-hydrogen) atoms. The molecule has 0 aliphatic carbocycles. The SMILES string of the molecule is CCC(=O)Nc1nn(-c2cccnc2)cc1-c1ccccc1. The molecule has 0 radical (unpaired) electrons. The number of aromatic nitrogens is 3. The fraction of sp³-hybridized carbons (Fsp3) is 0.118. The van der Waals surface area contributed by atoms with Crippen molar-refractivity contribution >= 4 is 11.7 Å². The zero-order valence-corrected chi connectivity index (χ0v) is 12.2. The molecular weight excluding hydrogens is 276 g/mol. The summed E-state index contributed by atoms with van der Waals surface area (Å²) in [5.41, 5.74) is 2.73. The van der Waals surface area contributed by atoms with Gasteiger partial charge in [-0.25, -0.2) is 4.68 Å². The smallest absolute Gasteiger partial charge is 0.225 e. The zero-order valence-electron chi connectivity index (χ0n) is 12.2. The highest BCUT2D eigenvalue weighted by atomic mass is 16.1. The van der Waals surface area contributed by atoms with Crippen molar-refractivity contribution in [2.75, 3.05) is 5.32 Å². The predicted octanol–water partition coefficient (Wildman–Crippen LogP) is 3.28. The molecule has 1 aromatic carbocycles. The number of benzene rings is 1. The number of nitrogens with one attached hydrogen (secondary N) is 1. The number of carbonyl (C=O) groups is 1. The van der Waals surface area contributed by atoms with Crippen LogP contribution >= 0.6 is 0 Å². The maximum Gasteiger partial charge on any atom is 0.225 e. The minimum absolute atomic E-state index is 0.0615. The summed E-state index contributed by atoms with van der Waals surface area (Å²) in [5.74, 6) is 0.496. The first-order valence-corrected chi connectivity index (χ1v) is 7.13. The van der Waals surface area contributed by atoms with Crippen molar-refractivity contribution in [3.05, 3.63) is 61.1 Å². The van der Waals surface area contributed by atoms with Crippen LogP contribution in [0.15, 0.2) is 61.1 Å². The fourth-order valence-corrected chi connectivity index (χ4v) is 2.14. The lowest BCUT2D eigenvalue weighted by Crippen LogP contribution is -2.11. The van der Waals surface area contributed by atoms with Gasteiger partial charge in [0.1, 0.15) is 0 Å². The quantitative estimate of drug-likeness (QED) is 0.802. The monoisotopic (exact) mass is 292 g/mol. The molecule has 3 rings (SSSR count). The minimum atomic E-state index is -0.0615. The molecule has 1 amide bonds. The van der Waals surface area contributed by atoms with E-state index < -0.39 is 0 Å². The van der Waals surface area contributed by atoms with Crippen LogP contribution in [-0.2, 0) is 4.79 Å². The number of amides is 1. The van der Waals surface area contributed by atoms with Crippen LogP contribution in [0.1, 0.15) is 13.3 Å². The molecule has 0 aliphatic rings. The minimum Gasteiger partial charge on any atom is -0.309 e. The molecule has 0 aliphatic heterocycles. The van der Waals surface area contributed by atoms with Gasteiger partial charge in [0.25, 0.3) is 0 Å². The van der Waals surface area contributed by atoms with Crippen molar-refractivity contribution in [2.24, 2.45) is 0 Å². The van der Waals surface area contributed by atoms with E-state index in [0.717, 1.165) is 16.8 Å². The van der Waals surface area contributed by atoms with Crippen LogP contribution in [0.4, 0.5) is 5.82 Å². The highest BCUT2D eigenvalue weighted by molar-refractivity contribution is 5.93. The summed E-state index contributed by atoms with van der Waals surface area (Å²) in [7, 11) is 0. The van der Waals surface area contributed by atoms with E-state index in [-0.39, 0.29) is 5.91 Å². The number of hydrogen-bond donors (Lipinski definition) is 1. The Bertz CT molecular complexity index is 766. The second-order valence-corrected chi connectivity index (χ2v) is 4.81. The number of hydrogen-bond acceptors (Lipinski definition) is 3. The molecule has 2 heterocycles. The normalized spacial score (nSPS) is 10.4. The Hall–Kier alpha value is -2.95. The molecule has 110 valence electrons. The number of nitrogens with zero attached hydrogens (tertiary/aromatic N) is 3. The third-order valence-corrected chi connectivity index (χ3v) is 3.29. The highest BCUT2D eigenvalue weighted by Crippen LogP contribution is 2.28. The Labute approximate surface area is 128 Å². The number of carbonyl (C=O) groups excluding carboxylic acids is 1. The molecule has 0 atom stereocenters. The zero-order chi connectivity index (χ0) is 15.4. The van der Waals surface area contributed by atoms with E-state index in [2.05, 4.69) is 15.4 Å². The summed E-state index contributed by atoms with van der Waals surface area (Å²) in [5, 5.41) is 7.35. The highest BCUT2D eigenvalue weighted by Gasteiger charge is 2.13. The summed E-state index contributed by atoms with van der Waals surface area (Å²) in [6.45, 7) is 1.82. The lowest BCUT2D eigenvalue weighted by atomic mass is 10.1. The van der Waals surface area contributed by atoms with E-state index in [0.29, 0.717) is 12.2 Å². The van der Waals surface area contributed by atoms with E-state index in [1.54, 1.807) is 17.1 Å². The van der Waals surface area contributed by atoms with Crippen LogP contribution < -0.4 is 5.32 Å². The number of rotatable bonds is 4. The Morgan fingerprint density at radius 2 is 2.00 bits per heavy atom. The topological polar surface area (TPSA) is 59.8 Å². The Morgan fingerprint density at radius 3 is 2.68 bits per heavy atom. The molecule has 0 spiro atoms. The third-order valence-electron chi connectivity index (χ3n) is 3.29. The molecule has 0 saturated heterocycles. The lowest BCUT2D eigenvalue weighted by molar-refractivity contribution is -0.115. The van der Waals surface area contributed by atoms with Gasteiger partial charge < -0.3 is 5.32 Å². The van der Waals surface area contributed by atoms with Gasteiger partial charge in [-0.3, -0.25) is 9.78 Å². The fourth-order valence-electron chi connectivity index (χ4n) is 2.14. The van der Waals surface area contributed by atoms with Crippen molar-refractivity contribution in [2.45, 2.75) is 13.3 Å². The maximum atomic E-state index is 11.7. The Balaban J connectivity index is 2.07. The van der Waals surface area contributed by atoms with E-state index in [4.69, 9.17) is 0 Å². The molecule has 0 bridgehead atoms. The first-order chi connectivity index (χ1) is 10.8. The van der Waals surface area contributed by atoms with Gasteiger partial charge in [-0.15, -0.1) is 5.10 Å². The van der Waals surface area contributed by atoms with Gasteiger partial charge >= 0.3 is 0 Å². The van der Waals surface area contributed by atoms with E-state index in [1.165, 1.54) is 0 Å². The largest absolute Gasteiger partial charge is 0.309 e. The van der Waals surface area contributed by atoms with Gasteiger partial charge in [0.2, 0.25) is 5.91 Å². The van der Waals surface area contributed by atoms with Crippen molar-refractivity contribution in [3.63, 3.8) is 0 Å². The van der Waals surface area contributed by atoms with Gasteiger partial charge in [0.15, 0.2) is 5.82 Å². The van der Waals surface area contributed by atoms with Crippen LogP contribution in [0, 0.1) is 0 Å². The van der Waals surface area contributed by atoms with Gasteiger partial charge in [0.05, 0.1) is 11.9 Å². The molecule has 0 fully saturated rings. The second-order valence-electron chi connectivity index (χ2n) is 4.81. The van der Waals surface area contributed by atoms with Crippen molar-refractivity contribution in [3.8, 4) is 16.8 Å². The van der Waals surface area contributed by atoms with Gasteiger partial charge in [-0.05, 0) is 17.7 Å². The number of anilines is 1.